The number of likely N-dealkylation sites (tertiary alicyclic amines) is 2. The van der Waals surface area contributed by atoms with Crippen molar-refractivity contribution in [3.63, 3.8) is 0 Å². The number of thioether (sulfide) groups is 1. The van der Waals surface area contributed by atoms with Crippen LogP contribution in [-0.4, -0.2) is 64.1 Å². The number of carboxylic acid groups (broad SMARTS) is 1. The maximum Gasteiger partial charge on any atom is 0.305 e. The van der Waals surface area contributed by atoms with Crippen molar-refractivity contribution in [3.05, 3.63) is 29.8 Å². The lowest BCUT2D eigenvalue weighted by Gasteiger charge is -2.24. The molecular weight excluding hydrogens is 352 g/mol. The molecule has 7 heteroatoms. The van der Waals surface area contributed by atoms with Gasteiger partial charge in [-0.2, -0.15) is 0 Å². The van der Waals surface area contributed by atoms with Crippen molar-refractivity contribution in [2.75, 3.05) is 25.4 Å². The molecule has 1 unspecified atom stereocenters. The normalized spacial score (nSPS) is 19.8. The van der Waals surface area contributed by atoms with Gasteiger partial charge in [0.15, 0.2) is 0 Å². The molecule has 1 aromatic rings. The second-order valence-electron chi connectivity index (χ2n) is 6.77. The molecule has 0 radical (unpaired) electrons. The van der Waals surface area contributed by atoms with E-state index in [1.807, 2.05) is 23.1 Å². The summed E-state index contributed by atoms with van der Waals surface area (Å²) in [6, 6.07) is 7.04. The molecule has 1 N–H and O–H groups in total. The Morgan fingerprint density at radius 1 is 1.08 bits per heavy atom. The summed E-state index contributed by atoms with van der Waals surface area (Å²) in [5, 5.41) is 9.06. The third-order valence-corrected chi connectivity index (χ3v) is 6.03. The summed E-state index contributed by atoms with van der Waals surface area (Å²) in [6.45, 7) is 2.23. The van der Waals surface area contributed by atoms with Crippen LogP contribution in [0.25, 0.3) is 0 Å². The first-order chi connectivity index (χ1) is 12.6. The number of carbonyl (C=O) groups is 3. The number of aliphatic carboxylic acids is 1. The molecule has 0 aliphatic carbocycles. The molecule has 1 atom stereocenters. The van der Waals surface area contributed by atoms with E-state index in [1.165, 1.54) is 11.8 Å². The van der Waals surface area contributed by atoms with Crippen LogP contribution in [0.4, 0.5) is 0 Å². The SMILES string of the molecule is O=C(O)CC1CCCN1C(=O)c1ccccc1SCC(=O)N1CCCC1. The first-order valence-corrected chi connectivity index (χ1v) is 10.1. The Hall–Kier alpha value is -2.02. The van der Waals surface area contributed by atoms with E-state index < -0.39 is 5.97 Å². The molecule has 2 saturated heterocycles. The van der Waals surface area contributed by atoms with Gasteiger partial charge in [0.2, 0.25) is 5.91 Å². The molecule has 0 saturated carbocycles. The lowest BCUT2D eigenvalue weighted by atomic mass is 10.1. The van der Waals surface area contributed by atoms with Gasteiger partial charge in [0.1, 0.15) is 0 Å². The summed E-state index contributed by atoms with van der Waals surface area (Å²) < 4.78 is 0. The topological polar surface area (TPSA) is 77.9 Å². The molecule has 0 aromatic heterocycles. The highest BCUT2D eigenvalue weighted by molar-refractivity contribution is 8.00. The second-order valence-corrected chi connectivity index (χ2v) is 7.78. The average molecular weight is 376 g/mol. The highest BCUT2D eigenvalue weighted by atomic mass is 32.2. The highest BCUT2D eigenvalue weighted by Gasteiger charge is 2.32. The van der Waals surface area contributed by atoms with Gasteiger partial charge in [-0.05, 0) is 37.8 Å². The molecule has 2 fully saturated rings. The Bertz CT molecular complexity index is 688. The number of amides is 2. The molecule has 2 amide bonds. The summed E-state index contributed by atoms with van der Waals surface area (Å²) in [5.41, 5.74) is 0.559. The van der Waals surface area contributed by atoms with Crippen LogP contribution in [0.1, 0.15) is 42.5 Å². The minimum Gasteiger partial charge on any atom is -0.481 e. The first-order valence-electron chi connectivity index (χ1n) is 9.08. The van der Waals surface area contributed by atoms with Crippen molar-refractivity contribution in [1.29, 1.82) is 0 Å². The second kappa shape index (κ2) is 8.58. The number of hydrogen-bond acceptors (Lipinski definition) is 4. The fraction of sp³-hybridized carbons (Fsp3) is 0.526. The third kappa shape index (κ3) is 4.38. The van der Waals surface area contributed by atoms with Crippen LogP contribution in [0.15, 0.2) is 29.2 Å². The molecule has 0 bridgehead atoms. The number of hydrogen-bond donors (Lipinski definition) is 1. The van der Waals surface area contributed by atoms with Gasteiger partial charge in [0.05, 0.1) is 17.7 Å². The first kappa shape index (κ1) is 18.8. The predicted molar refractivity (Wildman–Crippen MR) is 99.3 cm³/mol. The Morgan fingerprint density at radius 2 is 1.81 bits per heavy atom. The lowest BCUT2D eigenvalue weighted by molar-refractivity contribution is -0.138. The van der Waals surface area contributed by atoms with Gasteiger partial charge in [-0.1, -0.05) is 12.1 Å². The summed E-state index contributed by atoms with van der Waals surface area (Å²) >= 11 is 1.39. The highest BCUT2D eigenvalue weighted by Crippen LogP contribution is 2.28. The number of rotatable bonds is 6. The number of nitrogens with zero attached hydrogens (tertiary/aromatic N) is 2. The number of benzene rings is 1. The third-order valence-electron chi connectivity index (χ3n) is 4.98. The van der Waals surface area contributed by atoms with Gasteiger partial charge in [-0.15, -0.1) is 11.8 Å². The van der Waals surface area contributed by atoms with Crippen LogP contribution >= 0.6 is 11.8 Å². The molecule has 0 spiro atoms. The minimum absolute atomic E-state index is 0.0193. The van der Waals surface area contributed by atoms with Crippen LogP contribution < -0.4 is 0 Å². The lowest BCUT2D eigenvalue weighted by Crippen LogP contribution is -2.37. The zero-order valence-corrected chi connectivity index (χ0v) is 15.5. The number of carboxylic acids is 1. The molecule has 2 heterocycles. The molecule has 1 aromatic carbocycles. The fourth-order valence-corrected chi connectivity index (χ4v) is 4.59. The zero-order chi connectivity index (χ0) is 18.5. The molecular formula is C19H24N2O4S. The molecule has 26 heavy (non-hydrogen) atoms. The van der Waals surface area contributed by atoms with E-state index in [-0.39, 0.29) is 24.3 Å². The van der Waals surface area contributed by atoms with Crippen molar-refractivity contribution >= 4 is 29.5 Å². The van der Waals surface area contributed by atoms with E-state index >= 15 is 0 Å². The molecule has 140 valence electrons. The number of carbonyl (C=O) groups excluding carboxylic acids is 2. The van der Waals surface area contributed by atoms with Crippen molar-refractivity contribution in [1.82, 2.24) is 9.80 Å². The largest absolute Gasteiger partial charge is 0.481 e. The summed E-state index contributed by atoms with van der Waals surface area (Å²) in [7, 11) is 0. The summed E-state index contributed by atoms with van der Waals surface area (Å²) in [5.74, 6) is -0.582. The zero-order valence-electron chi connectivity index (χ0n) is 14.7. The Labute approximate surface area is 157 Å². The molecule has 2 aliphatic heterocycles. The minimum atomic E-state index is -0.881. The predicted octanol–water partition coefficient (Wildman–Crippen LogP) is 2.48. The van der Waals surface area contributed by atoms with Gasteiger partial charge in [-0.3, -0.25) is 14.4 Å². The van der Waals surface area contributed by atoms with Gasteiger partial charge in [0.25, 0.3) is 5.91 Å². The Morgan fingerprint density at radius 3 is 2.54 bits per heavy atom. The maximum atomic E-state index is 13.0. The Kier molecular flexibility index (Phi) is 6.19. The fourth-order valence-electron chi connectivity index (χ4n) is 3.64. The average Bonchev–Trinajstić information content (AvgIpc) is 3.30. The van der Waals surface area contributed by atoms with E-state index in [0.717, 1.165) is 43.7 Å². The van der Waals surface area contributed by atoms with Gasteiger partial charge >= 0.3 is 5.97 Å². The van der Waals surface area contributed by atoms with Crippen molar-refractivity contribution in [2.45, 2.75) is 43.0 Å². The molecule has 2 aliphatic rings. The van der Waals surface area contributed by atoms with Crippen LogP contribution in [0, 0.1) is 0 Å². The monoisotopic (exact) mass is 376 g/mol. The summed E-state index contributed by atoms with van der Waals surface area (Å²) in [6.07, 6.45) is 3.65. The van der Waals surface area contributed by atoms with E-state index in [9.17, 15) is 14.4 Å². The smallest absolute Gasteiger partial charge is 0.305 e. The van der Waals surface area contributed by atoms with Crippen LogP contribution in [0.5, 0.6) is 0 Å². The van der Waals surface area contributed by atoms with E-state index in [2.05, 4.69) is 0 Å². The van der Waals surface area contributed by atoms with Crippen molar-refractivity contribution < 1.29 is 19.5 Å². The van der Waals surface area contributed by atoms with Crippen LogP contribution in [0.3, 0.4) is 0 Å². The van der Waals surface area contributed by atoms with Crippen molar-refractivity contribution in [3.8, 4) is 0 Å². The van der Waals surface area contributed by atoms with Gasteiger partial charge in [0, 0.05) is 30.6 Å². The quantitative estimate of drug-likeness (QED) is 0.772. The maximum absolute atomic E-state index is 13.0. The molecule has 6 nitrogen and oxygen atoms in total. The van der Waals surface area contributed by atoms with Crippen LogP contribution in [-0.2, 0) is 9.59 Å². The van der Waals surface area contributed by atoms with E-state index in [4.69, 9.17) is 5.11 Å². The van der Waals surface area contributed by atoms with E-state index in [1.54, 1.807) is 11.0 Å². The summed E-state index contributed by atoms with van der Waals surface area (Å²) in [4.78, 5) is 40.6. The van der Waals surface area contributed by atoms with Gasteiger partial charge < -0.3 is 14.9 Å². The Balaban J connectivity index is 1.68. The molecule has 3 rings (SSSR count). The van der Waals surface area contributed by atoms with Gasteiger partial charge in [-0.25, -0.2) is 0 Å². The van der Waals surface area contributed by atoms with Crippen LogP contribution in [0.2, 0.25) is 0 Å². The van der Waals surface area contributed by atoms with Crippen molar-refractivity contribution in [2.24, 2.45) is 0 Å². The standard InChI is InChI=1S/C19H24N2O4S/c22-17(20-9-3-4-10-20)13-26-16-8-2-1-7-15(16)19(25)21-11-5-6-14(21)12-18(23)24/h1-2,7-8,14H,3-6,9-13H2,(H,23,24). The van der Waals surface area contributed by atoms with E-state index in [0.29, 0.717) is 17.9 Å².